The van der Waals surface area contributed by atoms with Gasteiger partial charge in [0.1, 0.15) is 11.8 Å². The molecule has 1 aromatic carbocycles. The second-order valence-corrected chi connectivity index (χ2v) is 6.62. The average Bonchev–Trinajstić information content (AvgIpc) is 3.26. The molecule has 1 saturated heterocycles. The Morgan fingerprint density at radius 1 is 1.31 bits per heavy atom. The molecule has 2 amide bonds. The van der Waals surface area contributed by atoms with Crippen LogP contribution in [-0.4, -0.2) is 36.7 Å². The van der Waals surface area contributed by atoms with E-state index in [1.165, 1.54) is 0 Å². The van der Waals surface area contributed by atoms with Crippen LogP contribution in [0.2, 0.25) is 0 Å². The fraction of sp³-hybridized carbons (Fsp3) is 0.421. The number of benzene rings is 1. The maximum absolute atomic E-state index is 12.8. The molecule has 2 aliphatic rings. The number of nitrogens with zero attached hydrogens (tertiary/aromatic N) is 2. The number of aryl methyl sites for hydroxylation is 1. The minimum absolute atomic E-state index is 0.142. The van der Waals surface area contributed by atoms with Gasteiger partial charge in [0.2, 0.25) is 11.7 Å². The van der Waals surface area contributed by atoms with E-state index in [9.17, 15) is 9.59 Å². The van der Waals surface area contributed by atoms with Crippen molar-refractivity contribution >= 4 is 17.5 Å². The van der Waals surface area contributed by atoms with Crippen molar-refractivity contribution in [2.24, 2.45) is 0 Å². The number of methoxy groups -OCH3 is 1. The zero-order valence-corrected chi connectivity index (χ0v) is 14.7. The van der Waals surface area contributed by atoms with Crippen LogP contribution in [0.4, 0.5) is 5.69 Å². The van der Waals surface area contributed by atoms with Crippen LogP contribution in [0.3, 0.4) is 0 Å². The molecule has 26 heavy (non-hydrogen) atoms. The van der Waals surface area contributed by atoms with Gasteiger partial charge in [-0.25, -0.2) is 0 Å². The van der Waals surface area contributed by atoms with E-state index >= 15 is 0 Å². The number of para-hydroxylation sites is 2. The summed E-state index contributed by atoms with van der Waals surface area (Å²) in [6.07, 6.45) is 4.27. The summed E-state index contributed by atoms with van der Waals surface area (Å²) in [4.78, 5) is 27.0. The van der Waals surface area contributed by atoms with Crippen LogP contribution < -0.4 is 15.0 Å². The Kier molecular flexibility index (Phi) is 4.36. The Hall–Kier alpha value is -2.83. The molecule has 1 aliphatic carbocycles. The molecule has 0 bridgehead atoms. The van der Waals surface area contributed by atoms with E-state index in [1.807, 2.05) is 24.3 Å². The lowest BCUT2D eigenvalue weighted by molar-refractivity contribution is -0.118. The fourth-order valence-electron chi connectivity index (χ4n) is 3.70. The molecule has 1 fully saturated rings. The largest absolute Gasteiger partial charge is 0.495 e. The fourth-order valence-corrected chi connectivity index (χ4v) is 3.70. The van der Waals surface area contributed by atoms with E-state index in [2.05, 4.69) is 10.5 Å². The van der Waals surface area contributed by atoms with E-state index in [4.69, 9.17) is 9.26 Å². The topological polar surface area (TPSA) is 84.7 Å². The molecule has 2 aromatic rings. The number of hydrogen-bond acceptors (Lipinski definition) is 5. The number of ether oxygens (including phenoxy) is 1. The monoisotopic (exact) mass is 355 g/mol. The van der Waals surface area contributed by atoms with Crippen LogP contribution in [0.1, 0.15) is 41.1 Å². The van der Waals surface area contributed by atoms with E-state index in [0.717, 1.165) is 36.9 Å². The summed E-state index contributed by atoms with van der Waals surface area (Å²) in [5, 5.41) is 6.82. The van der Waals surface area contributed by atoms with Crippen LogP contribution in [0.5, 0.6) is 5.75 Å². The predicted octanol–water partition coefficient (Wildman–Crippen LogP) is 2.10. The van der Waals surface area contributed by atoms with Crippen LogP contribution in [0.15, 0.2) is 28.8 Å². The van der Waals surface area contributed by atoms with Gasteiger partial charge in [0.25, 0.3) is 5.91 Å². The molecule has 0 spiro atoms. The number of fused-ring (bicyclic) bond motifs is 1. The standard InChI is InChI=1S/C19H21N3O4/c1-25-16-9-5-4-8-15(16)22-11-10-14(19(22)24)20-18(23)17-12-6-2-3-7-13(12)21-26-17/h4-5,8-9,14H,2-3,6-7,10-11H2,1H3,(H,20,23). The lowest BCUT2D eigenvalue weighted by atomic mass is 9.96. The average molecular weight is 355 g/mol. The molecular formula is C19H21N3O4. The van der Waals surface area contributed by atoms with Gasteiger partial charge in [0, 0.05) is 12.1 Å². The molecule has 1 atom stereocenters. The zero-order valence-electron chi connectivity index (χ0n) is 14.7. The van der Waals surface area contributed by atoms with Gasteiger partial charge in [-0.15, -0.1) is 0 Å². The Bertz CT molecular complexity index is 845. The van der Waals surface area contributed by atoms with Gasteiger partial charge in [-0.1, -0.05) is 17.3 Å². The number of nitrogens with one attached hydrogen (secondary N) is 1. The third kappa shape index (κ3) is 2.83. The summed E-state index contributed by atoms with van der Waals surface area (Å²) in [6.45, 7) is 0.526. The highest BCUT2D eigenvalue weighted by Gasteiger charge is 2.36. The molecule has 2 heterocycles. The second-order valence-electron chi connectivity index (χ2n) is 6.62. The highest BCUT2D eigenvalue weighted by atomic mass is 16.5. The van der Waals surface area contributed by atoms with Gasteiger partial charge in [-0.2, -0.15) is 0 Å². The smallest absolute Gasteiger partial charge is 0.290 e. The Morgan fingerprint density at radius 2 is 2.12 bits per heavy atom. The number of rotatable bonds is 4. The minimum Gasteiger partial charge on any atom is -0.495 e. The summed E-state index contributed by atoms with van der Waals surface area (Å²) in [7, 11) is 1.58. The maximum atomic E-state index is 12.8. The zero-order chi connectivity index (χ0) is 18.1. The highest BCUT2D eigenvalue weighted by Crippen LogP contribution is 2.31. The molecule has 136 valence electrons. The summed E-state index contributed by atoms with van der Waals surface area (Å²) >= 11 is 0. The van der Waals surface area contributed by atoms with Crippen LogP contribution in [0.25, 0.3) is 0 Å². The molecule has 7 nitrogen and oxygen atoms in total. The van der Waals surface area contributed by atoms with Gasteiger partial charge >= 0.3 is 0 Å². The number of hydrogen-bond donors (Lipinski definition) is 1. The Morgan fingerprint density at radius 3 is 2.96 bits per heavy atom. The summed E-state index contributed by atoms with van der Waals surface area (Å²) in [5.41, 5.74) is 2.48. The number of aromatic nitrogens is 1. The number of carbonyl (C=O) groups is 2. The maximum Gasteiger partial charge on any atom is 0.290 e. The van der Waals surface area contributed by atoms with Gasteiger partial charge in [0.15, 0.2) is 0 Å². The molecular weight excluding hydrogens is 334 g/mol. The summed E-state index contributed by atoms with van der Waals surface area (Å²) < 4.78 is 10.6. The second kappa shape index (κ2) is 6.82. The Labute approximate surface area is 151 Å². The molecule has 4 rings (SSSR count). The third-order valence-corrected chi connectivity index (χ3v) is 5.05. The van der Waals surface area contributed by atoms with Crippen LogP contribution in [0, 0.1) is 0 Å². The molecule has 0 saturated carbocycles. The number of carbonyl (C=O) groups excluding carboxylic acids is 2. The van der Waals surface area contributed by atoms with Gasteiger partial charge in [-0.3, -0.25) is 9.59 Å². The van der Waals surface area contributed by atoms with Crippen molar-refractivity contribution in [3.8, 4) is 5.75 Å². The van der Waals surface area contributed by atoms with Gasteiger partial charge in [0.05, 0.1) is 18.5 Å². The lowest BCUT2D eigenvalue weighted by Gasteiger charge is -2.19. The predicted molar refractivity (Wildman–Crippen MR) is 94.4 cm³/mol. The molecule has 7 heteroatoms. The lowest BCUT2D eigenvalue weighted by Crippen LogP contribution is -2.41. The van der Waals surface area contributed by atoms with Crippen molar-refractivity contribution < 1.29 is 18.8 Å². The van der Waals surface area contributed by atoms with Gasteiger partial charge < -0.3 is 19.5 Å². The first-order valence-corrected chi connectivity index (χ1v) is 8.91. The molecule has 1 N–H and O–H groups in total. The van der Waals surface area contributed by atoms with Crippen molar-refractivity contribution in [1.29, 1.82) is 0 Å². The molecule has 1 aliphatic heterocycles. The quantitative estimate of drug-likeness (QED) is 0.908. The van der Waals surface area contributed by atoms with E-state index in [1.54, 1.807) is 12.0 Å². The summed E-state index contributed by atoms with van der Waals surface area (Å²) in [5.74, 6) is 0.387. The van der Waals surface area contributed by atoms with E-state index in [-0.39, 0.29) is 17.6 Å². The molecule has 0 radical (unpaired) electrons. The van der Waals surface area contributed by atoms with Crippen molar-refractivity contribution in [3.63, 3.8) is 0 Å². The van der Waals surface area contributed by atoms with Crippen molar-refractivity contribution in [3.05, 3.63) is 41.3 Å². The minimum atomic E-state index is -0.572. The molecule has 1 aromatic heterocycles. The highest BCUT2D eigenvalue weighted by molar-refractivity contribution is 6.04. The number of amides is 2. The van der Waals surface area contributed by atoms with Crippen molar-refractivity contribution in [2.75, 3.05) is 18.6 Å². The first kappa shape index (κ1) is 16.6. The van der Waals surface area contributed by atoms with Crippen molar-refractivity contribution in [2.45, 2.75) is 38.1 Å². The van der Waals surface area contributed by atoms with E-state index in [0.29, 0.717) is 24.4 Å². The van der Waals surface area contributed by atoms with Crippen LogP contribution >= 0.6 is 0 Å². The molecule has 1 unspecified atom stereocenters. The SMILES string of the molecule is COc1ccccc1N1CCC(NC(=O)c2onc3c2CCCC3)C1=O. The Balaban J connectivity index is 1.49. The van der Waals surface area contributed by atoms with Crippen LogP contribution in [-0.2, 0) is 17.6 Å². The summed E-state index contributed by atoms with van der Waals surface area (Å²) in [6, 6.07) is 6.80. The van der Waals surface area contributed by atoms with Gasteiger partial charge in [-0.05, 0) is 44.2 Å². The van der Waals surface area contributed by atoms with E-state index < -0.39 is 6.04 Å². The third-order valence-electron chi connectivity index (χ3n) is 5.05. The first-order chi connectivity index (χ1) is 12.7. The number of anilines is 1. The normalized spacial score (nSPS) is 19.3. The first-order valence-electron chi connectivity index (χ1n) is 8.91. The van der Waals surface area contributed by atoms with Crippen molar-refractivity contribution in [1.82, 2.24) is 10.5 Å².